The van der Waals surface area contributed by atoms with Gasteiger partial charge in [0.2, 0.25) is 0 Å². The minimum atomic E-state index is 0.0928. The highest BCUT2D eigenvalue weighted by Crippen LogP contribution is 2.38. The first-order chi connectivity index (χ1) is 15.6. The molecule has 0 unspecified atom stereocenters. The van der Waals surface area contributed by atoms with Crippen molar-refractivity contribution in [1.82, 2.24) is 9.97 Å². The number of piperidine rings is 1. The predicted molar refractivity (Wildman–Crippen MR) is 126 cm³/mol. The van der Waals surface area contributed by atoms with Gasteiger partial charge in [0.15, 0.2) is 0 Å². The number of aromatic nitrogens is 2. The average molecular weight is 434 g/mol. The van der Waals surface area contributed by atoms with Gasteiger partial charge in [0.1, 0.15) is 28.9 Å². The monoisotopic (exact) mass is 433 g/mol. The zero-order chi connectivity index (χ0) is 22.2. The van der Waals surface area contributed by atoms with Gasteiger partial charge >= 0.3 is 0 Å². The molecule has 8 nitrogen and oxygen atoms in total. The number of benzene rings is 2. The second-order valence-electron chi connectivity index (χ2n) is 8.13. The molecule has 5 rings (SSSR count). The molecular formula is C24H27N5O3. The molecule has 32 heavy (non-hydrogen) atoms. The van der Waals surface area contributed by atoms with Crippen molar-refractivity contribution >= 4 is 33.8 Å². The number of rotatable bonds is 5. The van der Waals surface area contributed by atoms with Crippen molar-refractivity contribution in [1.29, 1.82) is 5.41 Å². The second-order valence-corrected chi connectivity index (χ2v) is 8.13. The van der Waals surface area contributed by atoms with Crippen LogP contribution in [-0.2, 0) is 0 Å². The van der Waals surface area contributed by atoms with E-state index in [0.717, 1.165) is 24.1 Å². The van der Waals surface area contributed by atoms with Crippen LogP contribution >= 0.6 is 0 Å². The summed E-state index contributed by atoms with van der Waals surface area (Å²) in [4.78, 5) is 12.1. The Hall–Kier alpha value is -3.68. The Morgan fingerprint density at radius 2 is 1.84 bits per heavy atom. The van der Waals surface area contributed by atoms with Gasteiger partial charge in [-0.15, -0.1) is 0 Å². The fourth-order valence-electron chi connectivity index (χ4n) is 4.51. The number of ether oxygens (including phenoxy) is 2. The Morgan fingerprint density at radius 1 is 1.03 bits per heavy atom. The Labute approximate surface area is 186 Å². The molecule has 2 aliphatic heterocycles. The van der Waals surface area contributed by atoms with Gasteiger partial charge < -0.3 is 29.4 Å². The number of aliphatic hydroxyl groups is 1. The zero-order valence-corrected chi connectivity index (χ0v) is 18.3. The maximum Gasteiger partial charge on any atom is 0.145 e. The molecule has 0 atom stereocenters. The van der Waals surface area contributed by atoms with E-state index in [2.05, 4.69) is 27.0 Å². The molecule has 0 bridgehead atoms. The highest BCUT2D eigenvalue weighted by molar-refractivity contribution is 6.30. The molecule has 2 aromatic carbocycles. The molecule has 3 aromatic rings. The number of imidazole rings is 1. The molecule has 0 radical (unpaired) electrons. The lowest BCUT2D eigenvalue weighted by molar-refractivity contribution is 0.400. The Morgan fingerprint density at radius 3 is 2.59 bits per heavy atom. The van der Waals surface area contributed by atoms with E-state index in [1.165, 1.54) is 24.9 Å². The first-order valence-corrected chi connectivity index (χ1v) is 10.8. The molecule has 1 saturated heterocycles. The van der Waals surface area contributed by atoms with Crippen LogP contribution in [-0.4, -0.2) is 54.8 Å². The van der Waals surface area contributed by atoms with Crippen LogP contribution in [0.15, 0.2) is 42.2 Å². The van der Waals surface area contributed by atoms with Crippen molar-refractivity contribution in [3.63, 3.8) is 0 Å². The molecule has 3 heterocycles. The number of H-pyrrole nitrogens is 1. The summed E-state index contributed by atoms with van der Waals surface area (Å²) in [6.45, 7) is 2.30. The van der Waals surface area contributed by atoms with Gasteiger partial charge in [0, 0.05) is 24.8 Å². The van der Waals surface area contributed by atoms with Gasteiger partial charge in [0.05, 0.1) is 43.1 Å². The summed E-state index contributed by atoms with van der Waals surface area (Å²) in [5, 5.41) is 19.6. The van der Waals surface area contributed by atoms with E-state index < -0.39 is 0 Å². The average Bonchev–Trinajstić information content (AvgIpc) is 3.38. The first kappa shape index (κ1) is 20.2. The van der Waals surface area contributed by atoms with Gasteiger partial charge in [-0.1, -0.05) is 0 Å². The SMILES string of the molecule is COc1ccc(OC)c(N2CC(O)=C(c3nc4ccc(N5CCCCC5)cc4[nH]3)C2=N)c1. The number of nitrogens with zero attached hydrogens (tertiary/aromatic N) is 3. The van der Waals surface area contributed by atoms with Crippen molar-refractivity contribution < 1.29 is 14.6 Å². The Balaban J connectivity index is 1.47. The summed E-state index contributed by atoms with van der Waals surface area (Å²) in [7, 11) is 3.17. The number of aromatic amines is 1. The Bertz CT molecular complexity index is 1210. The zero-order valence-electron chi connectivity index (χ0n) is 18.3. The van der Waals surface area contributed by atoms with E-state index >= 15 is 0 Å². The van der Waals surface area contributed by atoms with Gasteiger partial charge in [-0.2, -0.15) is 0 Å². The largest absolute Gasteiger partial charge is 0.509 e. The van der Waals surface area contributed by atoms with E-state index in [1.807, 2.05) is 6.07 Å². The lowest BCUT2D eigenvalue weighted by Crippen LogP contribution is -2.29. The summed E-state index contributed by atoms with van der Waals surface area (Å²) in [5.74, 6) is 1.98. The summed E-state index contributed by atoms with van der Waals surface area (Å²) < 4.78 is 10.8. The molecule has 3 N–H and O–H groups in total. The molecule has 0 amide bonds. The molecule has 0 saturated carbocycles. The fourth-order valence-corrected chi connectivity index (χ4v) is 4.51. The first-order valence-electron chi connectivity index (χ1n) is 10.8. The van der Waals surface area contributed by atoms with Crippen molar-refractivity contribution in [2.75, 3.05) is 43.7 Å². The number of amidine groups is 1. The smallest absolute Gasteiger partial charge is 0.145 e. The highest BCUT2D eigenvalue weighted by Gasteiger charge is 2.33. The molecule has 2 aliphatic rings. The number of anilines is 2. The van der Waals surface area contributed by atoms with Crippen LogP contribution < -0.4 is 19.3 Å². The third-order valence-electron chi connectivity index (χ3n) is 6.20. The molecular weight excluding hydrogens is 406 g/mol. The predicted octanol–water partition coefficient (Wildman–Crippen LogP) is 4.34. The standard InChI is InChI=1S/C24H27N5O3/c1-31-16-7-9-21(32-2)19(13-16)29-14-20(30)22(23(29)25)24-26-17-8-6-15(12-18(17)27-24)28-10-4-3-5-11-28/h6-9,12-13,25,30H,3-5,10-11,14H2,1-2H3,(H,26,27). The minimum Gasteiger partial charge on any atom is -0.509 e. The number of hydrogen-bond acceptors (Lipinski definition) is 6. The maximum absolute atomic E-state index is 10.8. The summed E-state index contributed by atoms with van der Waals surface area (Å²) in [5.41, 5.74) is 3.93. The van der Waals surface area contributed by atoms with E-state index in [9.17, 15) is 5.11 Å². The number of aliphatic hydroxyl groups excluding tert-OH is 1. The highest BCUT2D eigenvalue weighted by atomic mass is 16.5. The third kappa shape index (κ3) is 3.41. The maximum atomic E-state index is 10.8. The molecule has 0 aliphatic carbocycles. The quantitative estimate of drug-likeness (QED) is 0.554. The van der Waals surface area contributed by atoms with Crippen LogP contribution in [0.1, 0.15) is 25.1 Å². The number of hydrogen-bond donors (Lipinski definition) is 3. The number of fused-ring (bicyclic) bond motifs is 1. The van der Waals surface area contributed by atoms with Crippen LogP contribution in [0, 0.1) is 5.41 Å². The summed E-state index contributed by atoms with van der Waals surface area (Å²) >= 11 is 0. The summed E-state index contributed by atoms with van der Waals surface area (Å²) in [6, 6.07) is 11.6. The van der Waals surface area contributed by atoms with Crippen molar-refractivity contribution in [2.24, 2.45) is 0 Å². The van der Waals surface area contributed by atoms with Crippen molar-refractivity contribution in [2.45, 2.75) is 19.3 Å². The van der Waals surface area contributed by atoms with Crippen molar-refractivity contribution in [3.05, 3.63) is 48.0 Å². The normalized spacial score (nSPS) is 16.9. The molecule has 1 aromatic heterocycles. The van der Waals surface area contributed by atoms with Crippen LogP contribution in [0.3, 0.4) is 0 Å². The van der Waals surface area contributed by atoms with Crippen molar-refractivity contribution in [3.8, 4) is 11.5 Å². The lowest BCUT2D eigenvalue weighted by atomic mass is 10.1. The molecule has 1 fully saturated rings. The van der Waals surface area contributed by atoms with Gasteiger partial charge in [-0.25, -0.2) is 4.98 Å². The lowest BCUT2D eigenvalue weighted by Gasteiger charge is -2.28. The van der Waals surface area contributed by atoms with Crippen LogP contribution in [0.25, 0.3) is 16.6 Å². The minimum absolute atomic E-state index is 0.0928. The van der Waals surface area contributed by atoms with Crippen LogP contribution in [0.4, 0.5) is 11.4 Å². The third-order valence-corrected chi connectivity index (χ3v) is 6.20. The molecule has 166 valence electrons. The Kier molecular flexibility index (Phi) is 5.13. The second kappa shape index (κ2) is 8.11. The van der Waals surface area contributed by atoms with Gasteiger partial charge in [-0.3, -0.25) is 5.41 Å². The molecule has 0 spiro atoms. The molecule has 8 heteroatoms. The van der Waals surface area contributed by atoms with E-state index in [0.29, 0.717) is 28.6 Å². The summed E-state index contributed by atoms with van der Waals surface area (Å²) in [6.07, 6.45) is 3.72. The van der Waals surface area contributed by atoms with Gasteiger partial charge in [-0.05, 0) is 49.6 Å². The van der Waals surface area contributed by atoms with Crippen LogP contribution in [0.5, 0.6) is 11.5 Å². The van der Waals surface area contributed by atoms with E-state index in [1.54, 1.807) is 37.3 Å². The van der Waals surface area contributed by atoms with E-state index in [-0.39, 0.29) is 18.1 Å². The number of methoxy groups -OCH3 is 2. The van der Waals surface area contributed by atoms with Crippen LogP contribution in [0.2, 0.25) is 0 Å². The number of nitrogens with one attached hydrogen (secondary N) is 2. The fraction of sp³-hybridized carbons (Fsp3) is 0.333. The topological polar surface area (TPSA) is 97.7 Å². The van der Waals surface area contributed by atoms with Gasteiger partial charge in [0.25, 0.3) is 0 Å². The van der Waals surface area contributed by atoms with E-state index in [4.69, 9.17) is 14.9 Å².